The van der Waals surface area contributed by atoms with E-state index in [2.05, 4.69) is 0 Å². The molecule has 82 valence electrons. The Hall–Kier alpha value is -1.55. The largest absolute Gasteiger partial charge is 0.490 e. The van der Waals surface area contributed by atoms with Crippen molar-refractivity contribution in [1.82, 2.24) is 0 Å². The standard InChI is InChI=1S/C11H15NO3/c1-9(12)11(13)15-8-7-14-10-5-3-2-4-6-10/h2-6,9H,7-8,12H2,1H3. The van der Waals surface area contributed by atoms with Gasteiger partial charge < -0.3 is 15.2 Å². The topological polar surface area (TPSA) is 61.6 Å². The Morgan fingerprint density at radius 3 is 2.60 bits per heavy atom. The van der Waals surface area contributed by atoms with Crippen molar-refractivity contribution in [3.05, 3.63) is 30.3 Å². The number of hydrogen-bond donors (Lipinski definition) is 1. The van der Waals surface area contributed by atoms with Gasteiger partial charge in [-0.3, -0.25) is 4.79 Å². The third-order valence-corrected chi connectivity index (χ3v) is 1.71. The molecule has 1 aromatic rings. The average molecular weight is 209 g/mol. The summed E-state index contributed by atoms with van der Waals surface area (Å²) in [6, 6.07) is 8.76. The van der Waals surface area contributed by atoms with Crippen LogP contribution >= 0.6 is 0 Å². The van der Waals surface area contributed by atoms with E-state index in [-0.39, 0.29) is 6.61 Å². The summed E-state index contributed by atoms with van der Waals surface area (Å²) < 4.78 is 10.2. The molecule has 4 heteroatoms. The van der Waals surface area contributed by atoms with E-state index in [1.807, 2.05) is 30.3 Å². The van der Waals surface area contributed by atoms with Gasteiger partial charge in [-0.15, -0.1) is 0 Å². The van der Waals surface area contributed by atoms with Crippen LogP contribution in [0.4, 0.5) is 0 Å². The number of nitrogens with two attached hydrogens (primary N) is 1. The second kappa shape index (κ2) is 6.03. The highest BCUT2D eigenvalue weighted by Gasteiger charge is 2.07. The second-order valence-corrected chi connectivity index (χ2v) is 3.12. The molecule has 15 heavy (non-hydrogen) atoms. The molecule has 0 saturated heterocycles. The van der Waals surface area contributed by atoms with Crippen molar-refractivity contribution < 1.29 is 14.3 Å². The molecule has 1 rings (SSSR count). The van der Waals surface area contributed by atoms with E-state index < -0.39 is 12.0 Å². The van der Waals surface area contributed by atoms with Crippen LogP contribution in [0.15, 0.2) is 30.3 Å². The van der Waals surface area contributed by atoms with Gasteiger partial charge in [0, 0.05) is 0 Å². The monoisotopic (exact) mass is 209 g/mol. The minimum atomic E-state index is -0.582. The summed E-state index contributed by atoms with van der Waals surface area (Å²) in [6.07, 6.45) is 0. The maximum absolute atomic E-state index is 11.0. The zero-order valence-electron chi connectivity index (χ0n) is 8.68. The predicted octanol–water partition coefficient (Wildman–Crippen LogP) is 0.956. The third-order valence-electron chi connectivity index (χ3n) is 1.71. The fraction of sp³-hybridized carbons (Fsp3) is 0.364. The van der Waals surface area contributed by atoms with Crippen molar-refractivity contribution >= 4 is 5.97 Å². The summed E-state index contributed by atoms with van der Waals surface area (Å²) in [7, 11) is 0. The quantitative estimate of drug-likeness (QED) is 0.579. The van der Waals surface area contributed by atoms with Crippen molar-refractivity contribution in [2.24, 2.45) is 5.73 Å². The lowest BCUT2D eigenvalue weighted by atomic mass is 10.3. The summed E-state index contributed by atoms with van der Waals surface area (Å²) in [6.45, 7) is 2.14. The van der Waals surface area contributed by atoms with Crippen LogP contribution < -0.4 is 10.5 Å². The van der Waals surface area contributed by atoms with Crippen LogP contribution in [-0.4, -0.2) is 25.2 Å². The van der Waals surface area contributed by atoms with Crippen LogP contribution in [0.3, 0.4) is 0 Å². The van der Waals surface area contributed by atoms with E-state index in [9.17, 15) is 4.79 Å². The molecule has 0 spiro atoms. The minimum absolute atomic E-state index is 0.218. The molecule has 1 atom stereocenters. The highest BCUT2D eigenvalue weighted by atomic mass is 16.6. The van der Waals surface area contributed by atoms with Crippen molar-refractivity contribution in [2.75, 3.05) is 13.2 Å². The molecule has 0 aliphatic rings. The highest BCUT2D eigenvalue weighted by molar-refractivity contribution is 5.74. The summed E-state index contributed by atoms with van der Waals surface area (Å²) >= 11 is 0. The number of carbonyl (C=O) groups excluding carboxylic acids is 1. The SMILES string of the molecule is CC(N)C(=O)OCCOc1ccccc1. The first kappa shape index (κ1) is 11.5. The van der Waals surface area contributed by atoms with Gasteiger partial charge in [0.25, 0.3) is 0 Å². The highest BCUT2D eigenvalue weighted by Crippen LogP contribution is 2.07. The van der Waals surface area contributed by atoms with Gasteiger partial charge in [0.15, 0.2) is 0 Å². The van der Waals surface area contributed by atoms with Gasteiger partial charge in [-0.1, -0.05) is 18.2 Å². The van der Waals surface area contributed by atoms with E-state index >= 15 is 0 Å². The van der Waals surface area contributed by atoms with Gasteiger partial charge >= 0.3 is 5.97 Å². The molecule has 0 saturated carbocycles. The molecule has 0 aromatic heterocycles. The molecule has 0 aliphatic carbocycles. The Morgan fingerprint density at radius 2 is 2.00 bits per heavy atom. The molecule has 0 heterocycles. The number of hydrogen-bond acceptors (Lipinski definition) is 4. The Kier molecular flexibility index (Phi) is 4.63. The number of benzene rings is 1. The normalized spacial score (nSPS) is 11.9. The first-order valence-electron chi connectivity index (χ1n) is 4.80. The minimum Gasteiger partial charge on any atom is -0.490 e. The van der Waals surface area contributed by atoms with Crippen LogP contribution in [0.5, 0.6) is 5.75 Å². The maximum Gasteiger partial charge on any atom is 0.322 e. The van der Waals surface area contributed by atoms with Gasteiger partial charge in [0.05, 0.1) is 0 Å². The summed E-state index contributed by atoms with van der Waals surface area (Å²) in [4.78, 5) is 11.0. The number of ether oxygens (including phenoxy) is 2. The molecule has 0 aliphatic heterocycles. The van der Waals surface area contributed by atoms with Crippen molar-refractivity contribution in [3.63, 3.8) is 0 Å². The van der Waals surface area contributed by atoms with Crippen LogP contribution in [0.25, 0.3) is 0 Å². The van der Waals surface area contributed by atoms with Crippen LogP contribution in [0, 0.1) is 0 Å². The van der Waals surface area contributed by atoms with Crippen LogP contribution in [-0.2, 0) is 9.53 Å². The summed E-state index contributed by atoms with van der Waals surface area (Å²) in [5, 5.41) is 0. The van der Waals surface area contributed by atoms with Gasteiger partial charge in [0.1, 0.15) is 25.0 Å². The molecule has 0 bridgehead atoms. The van der Waals surface area contributed by atoms with Gasteiger partial charge in [-0.05, 0) is 19.1 Å². The number of carbonyl (C=O) groups is 1. The maximum atomic E-state index is 11.0. The lowest BCUT2D eigenvalue weighted by molar-refractivity contribution is -0.145. The van der Waals surface area contributed by atoms with Gasteiger partial charge in [-0.25, -0.2) is 0 Å². The second-order valence-electron chi connectivity index (χ2n) is 3.12. The molecule has 0 fully saturated rings. The van der Waals surface area contributed by atoms with Gasteiger partial charge in [-0.2, -0.15) is 0 Å². The Bertz CT molecular complexity index is 298. The zero-order valence-corrected chi connectivity index (χ0v) is 8.68. The van der Waals surface area contributed by atoms with E-state index in [0.717, 1.165) is 5.75 Å². The van der Waals surface area contributed by atoms with E-state index in [1.54, 1.807) is 6.92 Å². The zero-order chi connectivity index (χ0) is 11.1. The van der Waals surface area contributed by atoms with Crippen LogP contribution in [0.2, 0.25) is 0 Å². The number of para-hydroxylation sites is 1. The molecule has 2 N–H and O–H groups in total. The first-order valence-corrected chi connectivity index (χ1v) is 4.80. The third kappa shape index (κ3) is 4.46. The Balaban J connectivity index is 2.15. The van der Waals surface area contributed by atoms with E-state index in [0.29, 0.717) is 6.61 Å². The number of rotatable bonds is 5. The molecule has 4 nitrogen and oxygen atoms in total. The molecular formula is C11H15NO3. The van der Waals surface area contributed by atoms with Gasteiger partial charge in [0.2, 0.25) is 0 Å². The number of esters is 1. The summed E-state index contributed by atoms with van der Waals surface area (Å²) in [5.41, 5.74) is 5.31. The molecule has 1 unspecified atom stereocenters. The fourth-order valence-electron chi connectivity index (χ4n) is 0.950. The molecule has 0 radical (unpaired) electrons. The molecule has 1 aromatic carbocycles. The Morgan fingerprint density at radius 1 is 1.33 bits per heavy atom. The van der Waals surface area contributed by atoms with E-state index in [1.165, 1.54) is 0 Å². The molecule has 0 amide bonds. The first-order chi connectivity index (χ1) is 7.20. The fourth-order valence-corrected chi connectivity index (χ4v) is 0.950. The van der Waals surface area contributed by atoms with E-state index in [4.69, 9.17) is 15.2 Å². The van der Waals surface area contributed by atoms with Crippen molar-refractivity contribution in [2.45, 2.75) is 13.0 Å². The predicted molar refractivity (Wildman–Crippen MR) is 56.5 cm³/mol. The summed E-state index contributed by atoms with van der Waals surface area (Å²) in [5.74, 6) is 0.348. The molecular weight excluding hydrogens is 194 g/mol. The van der Waals surface area contributed by atoms with Crippen molar-refractivity contribution in [1.29, 1.82) is 0 Å². The smallest absolute Gasteiger partial charge is 0.322 e. The lowest BCUT2D eigenvalue weighted by Gasteiger charge is -2.08. The van der Waals surface area contributed by atoms with Crippen LogP contribution in [0.1, 0.15) is 6.92 Å². The Labute approximate surface area is 89.0 Å². The van der Waals surface area contributed by atoms with Crippen molar-refractivity contribution in [3.8, 4) is 5.75 Å². The lowest BCUT2D eigenvalue weighted by Crippen LogP contribution is -2.29. The average Bonchev–Trinajstić information content (AvgIpc) is 2.25.